The molecular formula is C11H13N3O5. The van der Waals surface area contributed by atoms with Crippen LogP contribution >= 0.6 is 0 Å². The Hall–Kier alpha value is -2.64. The predicted molar refractivity (Wildman–Crippen MR) is 66.6 cm³/mol. The second-order valence-corrected chi connectivity index (χ2v) is 3.84. The summed E-state index contributed by atoms with van der Waals surface area (Å²) in [6.07, 6.45) is -0.0153. The van der Waals surface area contributed by atoms with Gasteiger partial charge in [-0.1, -0.05) is 0 Å². The third-order valence-corrected chi connectivity index (χ3v) is 2.40. The van der Waals surface area contributed by atoms with E-state index in [0.29, 0.717) is 5.69 Å². The maximum Gasteiger partial charge on any atom is 0.326 e. The third-order valence-electron chi connectivity index (χ3n) is 2.40. The van der Waals surface area contributed by atoms with Crippen LogP contribution in [0.15, 0.2) is 24.3 Å². The van der Waals surface area contributed by atoms with Gasteiger partial charge in [0, 0.05) is 24.2 Å². The smallest absolute Gasteiger partial charge is 0.326 e. The van der Waals surface area contributed by atoms with Gasteiger partial charge in [-0.15, -0.1) is 0 Å². The number of nitrogens with zero attached hydrogens (tertiary/aromatic N) is 1. The summed E-state index contributed by atoms with van der Waals surface area (Å²) in [6, 6.07) is 4.34. The SMILES string of the molecule is NC(=O)CC[C@H](Nc1ccc([N+](=O)[O-])cc1)C(=O)O. The third kappa shape index (κ3) is 4.62. The number of amides is 1. The number of non-ortho nitro benzene ring substituents is 1. The van der Waals surface area contributed by atoms with Crippen LogP contribution in [0.2, 0.25) is 0 Å². The highest BCUT2D eigenvalue weighted by atomic mass is 16.6. The van der Waals surface area contributed by atoms with Crippen molar-refractivity contribution in [1.82, 2.24) is 0 Å². The lowest BCUT2D eigenvalue weighted by molar-refractivity contribution is -0.384. The largest absolute Gasteiger partial charge is 0.480 e. The van der Waals surface area contributed by atoms with Gasteiger partial charge >= 0.3 is 5.97 Å². The molecule has 0 bridgehead atoms. The molecule has 0 heterocycles. The molecule has 4 N–H and O–H groups in total. The molecule has 0 aromatic heterocycles. The summed E-state index contributed by atoms with van der Waals surface area (Å²) >= 11 is 0. The molecule has 102 valence electrons. The van der Waals surface area contributed by atoms with Gasteiger partial charge in [-0.25, -0.2) is 4.79 Å². The normalized spacial score (nSPS) is 11.6. The molecule has 0 aliphatic heterocycles. The fourth-order valence-electron chi connectivity index (χ4n) is 1.42. The van der Waals surface area contributed by atoms with E-state index in [4.69, 9.17) is 10.8 Å². The van der Waals surface area contributed by atoms with E-state index in [0.717, 1.165) is 0 Å². The van der Waals surface area contributed by atoms with Gasteiger partial charge in [-0.2, -0.15) is 0 Å². The van der Waals surface area contributed by atoms with E-state index >= 15 is 0 Å². The van der Waals surface area contributed by atoms with Crippen molar-refractivity contribution in [3.8, 4) is 0 Å². The minimum absolute atomic E-state index is 0.0433. The van der Waals surface area contributed by atoms with E-state index in [1.54, 1.807) is 0 Å². The summed E-state index contributed by atoms with van der Waals surface area (Å²) in [5, 5.41) is 22.1. The predicted octanol–water partition coefficient (Wildman–Crippen LogP) is 0.725. The molecule has 0 saturated heterocycles. The number of nitrogens with two attached hydrogens (primary N) is 1. The summed E-state index contributed by atoms with van der Waals surface area (Å²) in [6.45, 7) is 0. The second-order valence-electron chi connectivity index (χ2n) is 3.84. The number of rotatable bonds is 7. The van der Waals surface area contributed by atoms with E-state index in [1.807, 2.05) is 0 Å². The van der Waals surface area contributed by atoms with Gasteiger partial charge in [0.05, 0.1) is 4.92 Å². The van der Waals surface area contributed by atoms with Crippen molar-refractivity contribution in [3.05, 3.63) is 34.4 Å². The molecule has 0 spiro atoms. The number of carboxylic acids is 1. The highest BCUT2D eigenvalue weighted by molar-refractivity contribution is 5.79. The monoisotopic (exact) mass is 267 g/mol. The number of hydrogen-bond acceptors (Lipinski definition) is 5. The van der Waals surface area contributed by atoms with Crippen molar-refractivity contribution in [2.75, 3.05) is 5.32 Å². The molecule has 1 rings (SSSR count). The molecule has 19 heavy (non-hydrogen) atoms. The van der Waals surface area contributed by atoms with Gasteiger partial charge in [-0.3, -0.25) is 14.9 Å². The molecule has 0 saturated carbocycles. The molecule has 1 amide bonds. The molecule has 0 aliphatic rings. The van der Waals surface area contributed by atoms with Crippen molar-refractivity contribution in [2.24, 2.45) is 5.73 Å². The van der Waals surface area contributed by atoms with Gasteiger partial charge in [0.15, 0.2) is 0 Å². The summed E-state index contributed by atoms with van der Waals surface area (Å²) in [4.78, 5) is 31.5. The number of aliphatic carboxylic acids is 1. The first-order chi connectivity index (χ1) is 8.90. The summed E-state index contributed by atoms with van der Waals surface area (Å²) in [5.41, 5.74) is 5.28. The van der Waals surface area contributed by atoms with E-state index in [-0.39, 0.29) is 18.5 Å². The zero-order chi connectivity index (χ0) is 14.4. The lowest BCUT2D eigenvalue weighted by Crippen LogP contribution is -2.30. The number of nitro groups is 1. The van der Waals surface area contributed by atoms with E-state index in [2.05, 4.69) is 5.32 Å². The van der Waals surface area contributed by atoms with E-state index in [9.17, 15) is 19.7 Å². The highest BCUT2D eigenvalue weighted by Gasteiger charge is 2.18. The summed E-state index contributed by atoms with van der Waals surface area (Å²) in [7, 11) is 0. The molecular weight excluding hydrogens is 254 g/mol. The van der Waals surface area contributed by atoms with Crippen LogP contribution in [0.25, 0.3) is 0 Å². The lowest BCUT2D eigenvalue weighted by Gasteiger charge is -2.14. The van der Waals surface area contributed by atoms with Crippen LogP contribution in [0.4, 0.5) is 11.4 Å². The maximum atomic E-state index is 11.0. The van der Waals surface area contributed by atoms with Crippen LogP contribution in [0.5, 0.6) is 0 Å². The topological polar surface area (TPSA) is 136 Å². The quantitative estimate of drug-likeness (QED) is 0.492. The fourth-order valence-corrected chi connectivity index (χ4v) is 1.42. The first-order valence-corrected chi connectivity index (χ1v) is 5.42. The number of hydrogen-bond donors (Lipinski definition) is 3. The highest BCUT2D eigenvalue weighted by Crippen LogP contribution is 2.17. The van der Waals surface area contributed by atoms with Crippen LogP contribution in [-0.4, -0.2) is 27.9 Å². The molecule has 0 fully saturated rings. The molecule has 1 aromatic carbocycles. The number of primary amides is 1. The number of benzene rings is 1. The number of nitro benzene ring substituents is 1. The number of carboxylic acid groups (broad SMARTS) is 1. The second kappa shape index (κ2) is 6.34. The van der Waals surface area contributed by atoms with Crippen LogP contribution in [0.1, 0.15) is 12.8 Å². The first-order valence-electron chi connectivity index (χ1n) is 5.42. The summed E-state index contributed by atoms with van der Waals surface area (Å²) in [5.74, 6) is -1.71. The van der Waals surface area contributed by atoms with Gasteiger partial charge in [-0.05, 0) is 18.6 Å². The van der Waals surface area contributed by atoms with Crippen molar-refractivity contribution in [1.29, 1.82) is 0 Å². The molecule has 0 aliphatic carbocycles. The Kier molecular flexibility index (Phi) is 4.81. The molecule has 8 nitrogen and oxygen atoms in total. The number of nitrogens with one attached hydrogen (secondary N) is 1. The molecule has 8 heteroatoms. The Morgan fingerprint density at radius 2 is 1.95 bits per heavy atom. The molecule has 1 aromatic rings. The maximum absolute atomic E-state index is 11.0. The zero-order valence-electron chi connectivity index (χ0n) is 9.91. The Labute approximate surface area is 108 Å². The van der Waals surface area contributed by atoms with E-state index < -0.39 is 22.8 Å². The van der Waals surface area contributed by atoms with Crippen molar-refractivity contribution >= 4 is 23.3 Å². The Morgan fingerprint density at radius 1 is 1.37 bits per heavy atom. The van der Waals surface area contributed by atoms with Crippen LogP contribution < -0.4 is 11.1 Å². The minimum Gasteiger partial charge on any atom is -0.480 e. The van der Waals surface area contributed by atoms with Gasteiger partial charge in [0.2, 0.25) is 5.91 Å². The lowest BCUT2D eigenvalue weighted by atomic mass is 10.1. The Bertz CT molecular complexity index is 486. The fraction of sp³-hybridized carbons (Fsp3) is 0.273. The Balaban J connectivity index is 2.70. The number of carbonyl (C=O) groups is 2. The van der Waals surface area contributed by atoms with E-state index in [1.165, 1.54) is 24.3 Å². The average molecular weight is 267 g/mol. The number of anilines is 1. The van der Waals surface area contributed by atoms with Crippen LogP contribution in [0, 0.1) is 10.1 Å². The average Bonchev–Trinajstić information content (AvgIpc) is 2.34. The van der Waals surface area contributed by atoms with Gasteiger partial charge < -0.3 is 16.2 Å². The van der Waals surface area contributed by atoms with Gasteiger partial charge in [0.25, 0.3) is 5.69 Å². The standard InChI is InChI=1S/C11H13N3O5/c12-10(15)6-5-9(11(16)17)13-7-1-3-8(4-2-7)14(18)19/h1-4,9,13H,5-6H2,(H2,12,15)(H,16,17)/t9-/m0/s1. The molecule has 0 radical (unpaired) electrons. The summed E-state index contributed by atoms with van der Waals surface area (Å²) < 4.78 is 0. The van der Waals surface area contributed by atoms with Gasteiger partial charge in [0.1, 0.15) is 6.04 Å². The molecule has 0 unspecified atom stereocenters. The van der Waals surface area contributed by atoms with Crippen LogP contribution in [0.3, 0.4) is 0 Å². The van der Waals surface area contributed by atoms with Crippen molar-refractivity contribution in [2.45, 2.75) is 18.9 Å². The minimum atomic E-state index is -1.13. The van der Waals surface area contributed by atoms with Crippen LogP contribution in [-0.2, 0) is 9.59 Å². The number of carbonyl (C=O) groups excluding carboxylic acids is 1. The zero-order valence-corrected chi connectivity index (χ0v) is 9.91. The molecule has 1 atom stereocenters. The first kappa shape index (κ1) is 14.4. The van der Waals surface area contributed by atoms with Crippen molar-refractivity contribution < 1.29 is 19.6 Å². The Morgan fingerprint density at radius 3 is 2.37 bits per heavy atom. The van der Waals surface area contributed by atoms with Crippen molar-refractivity contribution in [3.63, 3.8) is 0 Å².